The molecule has 6 heteroatoms. The fraction of sp³-hybridized carbons (Fsp3) is 0.391. The van der Waals surface area contributed by atoms with E-state index in [2.05, 4.69) is 0 Å². The number of anilines is 1. The van der Waals surface area contributed by atoms with Crippen LogP contribution in [-0.4, -0.2) is 60.9 Å². The average Bonchev–Trinajstić information content (AvgIpc) is 2.74. The molecule has 0 bridgehead atoms. The van der Waals surface area contributed by atoms with E-state index >= 15 is 0 Å². The summed E-state index contributed by atoms with van der Waals surface area (Å²) in [5.74, 6) is -0.204. The van der Waals surface area contributed by atoms with Gasteiger partial charge in [0.1, 0.15) is 5.82 Å². The van der Waals surface area contributed by atoms with Gasteiger partial charge in [0.05, 0.1) is 5.69 Å². The highest BCUT2D eigenvalue weighted by Crippen LogP contribution is 2.20. The molecule has 0 unspecified atom stereocenters. The zero-order valence-corrected chi connectivity index (χ0v) is 16.9. The Kier molecular flexibility index (Phi) is 7.22. The maximum atomic E-state index is 14.0. The zero-order chi connectivity index (χ0) is 20.6. The maximum absolute atomic E-state index is 14.0. The molecule has 1 aliphatic heterocycles. The molecule has 1 heterocycles. The third-order valence-electron chi connectivity index (χ3n) is 5.38. The van der Waals surface area contributed by atoms with Gasteiger partial charge in [0.25, 0.3) is 0 Å². The Bertz CT molecular complexity index is 820. The van der Waals surface area contributed by atoms with Crippen molar-refractivity contribution in [1.82, 2.24) is 9.80 Å². The van der Waals surface area contributed by atoms with E-state index in [4.69, 9.17) is 0 Å². The highest BCUT2D eigenvalue weighted by atomic mass is 19.1. The van der Waals surface area contributed by atoms with E-state index in [-0.39, 0.29) is 17.6 Å². The smallest absolute Gasteiger partial charge is 0.224 e. The predicted molar refractivity (Wildman–Crippen MR) is 112 cm³/mol. The van der Waals surface area contributed by atoms with E-state index in [1.165, 1.54) is 11.6 Å². The van der Waals surface area contributed by atoms with Gasteiger partial charge in [-0.1, -0.05) is 42.5 Å². The molecule has 1 fully saturated rings. The Morgan fingerprint density at radius 1 is 0.931 bits per heavy atom. The number of para-hydroxylation sites is 1. The molecule has 0 aliphatic carbocycles. The van der Waals surface area contributed by atoms with Crippen LogP contribution in [0.15, 0.2) is 54.6 Å². The fourth-order valence-corrected chi connectivity index (χ4v) is 3.63. The SMILES string of the molecule is CC(=O)N(CCC(=O)N1CCN(c2ccccc2F)CC1)CCc1ccccc1. The fourth-order valence-electron chi connectivity index (χ4n) is 3.63. The first-order valence-electron chi connectivity index (χ1n) is 10.1. The van der Waals surface area contributed by atoms with Crippen molar-refractivity contribution >= 4 is 17.5 Å². The second kappa shape index (κ2) is 10.0. The Hall–Kier alpha value is -2.89. The number of amides is 2. The van der Waals surface area contributed by atoms with E-state index in [0.29, 0.717) is 51.4 Å². The molecule has 1 saturated heterocycles. The summed E-state index contributed by atoms with van der Waals surface area (Å²) < 4.78 is 14.0. The van der Waals surface area contributed by atoms with Crippen molar-refractivity contribution in [3.63, 3.8) is 0 Å². The summed E-state index contributed by atoms with van der Waals surface area (Å²) in [6.45, 7) is 4.92. The van der Waals surface area contributed by atoms with Gasteiger partial charge in [0.15, 0.2) is 0 Å². The lowest BCUT2D eigenvalue weighted by atomic mass is 10.1. The normalized spacial score (nSPS) is 14.0. The minimum Gasteiger partial charge on any atom is -0.366 e. The molecule has 0 N–H and O–H groups in total. The lowest BCUT2D eigenvalue weighted by Crippen LogP contribution is -2.49. The lowest BCUT2D eigenvalue weighted by Gasteiger charge is -2.36. The van der Waals surface area contributed by atoms with Gasteiger partial charge in [0, 0.05) is 52.6 Å². The minimum absolute atomic E-state index is 0.0156. The monoisotopic (exact) mass is 397 g/mol. The Labute approximate surface area is 171 Å². The number of halogens is 1. The zero-order valence-electron chi connectivity index (χ0n) is 16.9. The molecule has 0 aromatic heterocycles. The van der Waals surface area contributed by atoms with Crippen LogP contribution < -0.4 is 4.90 Å². The quantitative estimate of drug-likeness (QED) is 0.722. The molecule has 1 aliphatic rings. The minimum atomic E-state index is -0.234. The summed E-state index contributed by atoms with van der Waals surface area (Å²) in [6.07, 6.45) is 1.09. The molecule has 0 atom stereocenters. The van der Waals surface area contributed by atoms with Gasteiger partial charge in [-0.3, -0.25) is 9.59 Å². The van der Waals surface area contributed by atoms with E-state index in [1.807, 2.05) is 46.2 Å². The molecular weight excluding hydrogens is 369 g/mol. The third-order valence-corrected chi connectivity index (χ3v) is 5.38. The van der Waals surface area contributed by atoms with Crippen LogP contribution in [0.4, 0.5) is 10.1 Å². The summed E-state index contributed by atoms with van der Waals surface area (Å²) in [5.41, 5.74) is 1.76. The number of hydrogen-bond donors (Lipinski definition) is 0. The number of carbonyl (C=O) groups is 2. The van der Waals surface area contributed by atoms with Gasteiger partial charge >= 0.3 is 0 Å². The van der Waals surface area contributed by atoms with Crippen LogP contribution in [0.25, 0.3) is 0 Å². The Morgan fingerprint density at radius 3 is 2.24 bits per heavy atom. The molecule has 154 valence electrons. The maximum Gasteiger partial charge on any atom is 0.224 e. The number of benzene rings is 2. The summed E-state index contributed by atoms with van der Waals surface area (Å²) in [6, 6.07) is 16.7. The molecule has 2 aromatic rings. The van der Waals surface area contributed by atoms with Gasteiger partial charge in [-0.15, -0.1) is 0 Å². The van der Waals surface area contributed by atoms with E-state index in [1.54, 1.807) is 24.0 Å². The van der Waals surface area contributed by atoms with Crippen LogP contribution in [0.1, 0.15) is 18.9 Å². The highest BCUT2D eigenvalue weighted by Gasteiger charge is 2.23. The van der Waals surface area contributed by atoms with Crippen molar-refractivity contribution < 1.29 is 14.0 Å². The van der Waals surface area contributed by atoms with Crippen molar-refractivity contribution in [3.05, 3.63) is 66.0 Å². The molecule has 29 heavy (non-hydrogen) atoms. The summed E-state index contributed by atoms with van der Waals surface area (Å²) in [5, 5.41) is 0. The summed E-state index contributed by atoms with van der Waals surface area (Å²) in [4.78, 5) is 30.1. The Balaban J connectivity index is 1.46. The largest absolute Gasteiger partial charge is 0.366 e. The summed E-state index contributed by atoms with van der Waals surface area (Å²) in [7, 11) is 0. The number of carbonyl (C=O) groups excluding carboxylic acids is 2. The third kappa shape index (κ3) is 5.79. The van der Waals surface area contributed by atoms with E-state index in [9.17, 15) is 14.0 Å². The van der Waals surface area contributed by atoms with Crippen LogP contribution in [0.3, 0.4) is 0 Å². The van der Waals surface area contributed by atoms with E-state index < -0.39 is 0 Å². The van der Waals surface area contributed by atoms with Crippen LogP contribution in [0.2, 0.25) is 0 Å². The van der Waals surface area contributed by atoms with Crippen molar-refractivity contribution in [2.45, 2.75) is 19.8 Å². The van der Waals surface area contributed by atoms with Crippen molar-refractivity contribution in [2.24, 2.45) is 0 Å². The van der Waals surface area contributed by atoms with Gasteiger partial charge in [-0.05, 0) is 24.1 Å². The first-order valence-corrected chi connectivity index (χ1v) is 10.1. The van der Waals surface area contributed by atoms with Crippen LogP contribution >= 0.6 is 0 Å². The Morgan fingerprint density at radius 2 is 1.59 bits per heavy atom. The molecule has 2 amide bonds. The number of piperazine rings is 1. The van der Waals surface area contributed by atoms with Gasteiger partial charge < -0.3 is 14.7 Å². The number of nitrogens with zero attached hydrogens (tertiary/aromatic N) is 3. The number of rotatable bonds is 7. The van der Waals surface area contributed by atoms with Crippen molar-refractivity contribution in [2.75, 3.05) is 44.2 Å². The van der Waals surface area contributed by atoms with E-state index in [0.717, 1.165) is 6.42 Å². The van der Waals surface area contributed by atoms with Crippen LogP contribution in [0, 0.1) is 5.82 Å². The molecule has 0 spiro atoms. The topological polar surface area (TPSA) is 43.9 Å². The second-order valence-electron chi connectivity index (χ2n) is 7.31. The molecule has 0 saturated carbocycles. The molecular formula is C23H28FN3O2. The molecule has 3 rings (SSSR count). The van der Waals surface area contributed by atoms with Gasteiger partial charge in [-0.2, -0.15) is 0 Å². The average molecular weight is 397 g/mol. The van der Waals surface area contributed by atoms with Gasteiger partial charge in [-0.25, -0.2) is 4.39 Å². The predicted octanol–water partition coefficient (Wildman–Crippen LogP) is 2.96. The van der Waals surface area contributed by atoms with Crippen LogP contribution in [-0.2, 0) is 16.0 Å². The first kappa shape index (κ1) is 20.8. The first-order chi connectivity index (χ1) is 14.0. The van der Waals surface area contributed by atoms with Crippen LogP contribution in [0.5, 0.6) is 0 Å². The van der Waals surface area contributed by atoms with Crippen molar-refractivity contribution in [3.8, 4) is 0 Å². The highest BCUT2D eigenvalue weighted by molar-refractivity contribution is 5.78. The number of hydrogen-bond acceptors (Lipinski definition) is 3. The lowest BCUT2D eigenvalue weighted by molar-refractivity contribution is -0.133. The van der Waals surface area contributed by atoms with Gasteiger partial charge in [0.2, 0.25) is 11.8 Å². The molecule has 0 radical (unpaired) electrons. The molecule has 5 nitrogen and oxygen atoms in total. The van der Waals surface area contributed by atoms with Crippen molar-refractivity contribution in [1.29, 1.82) is 0 Å². The standard InChI is InChI=1S/C23H28FN3O2/c1-19(28)25(13-11-20-7-3-2-4-8-20)14-12-23(29)27-17-15-26(16-18-27)22-10-6-5-9-21(22)24/h2-10H,11-18H2,1H3. The second-order valence-corrected chi connectivity index (χ2v) is 7.31. The molecule has 2 aromatic carbocycles. The summed E-state index contributed by atoms with van der Waals surface area (Å²) >= 11 is 0.